The van der Waals surface area contributed by atoms with E-state index in [1.165, 1.54) is 22.7 Å². The number of thiazole rings is 1. The summed E-state index contributed by atoms with van der Waals surface area (Å²) in [6.45, 7) is 2.02. The molecule has 0 saturated carbocycles. The van der Waals surface area contributed by atoms with Crippen molar-refractivity contribution in [2.45, 2.75) is 13.5 Å². The normalized spacial score (nSPS) is 11.1. The van der Waals surface area contributed by atoms with Gasteiger partial charge in [0.25, 0.3) is 0 Å². The Kier molecular flexibility index (Phi) is 4.86. The first kappa shape index (κ1) is 18.0. The molecule has 27 heavy (non-hydrogen) atoms. The fourth-order valence-corrected chi connectivity index (χ4v) is 4.65. The molecule has 4 rings (SSSR count). The maximum atomic E-state index is 12.2. The molecule has 0 aliphatic rings. The fourth-order valence-electron chi connectivity index (χ4n) is 2.60. The van der Waals surface area contributed by atoms with Crippen LogP contribution < -0.4 is 5.32 Å². The number of nitrogens with one attached hydrogen (secondary N) is 1. The molecule has 1 aromatic carbocycles. The van der Waals surface area contributed by atoms with Crippen LogP contribution in [0.2, 0.25) is 4.34 Å². The van der Waals surface area contributed by atoms with Gasteiger partial charge in [-0.3, -0.25) is 5.32 Å². The average molecular weight is 419 g/mol. The van der Waals surface area contributed by atoms with E-state index in [-0.39, 0.29) is 6.61 Å². The Labute approximate surface area is 168 Å². The Morgan fingerprint density at radius 3 is 2.93 bits per heavy atom. The molecule has 0 saturated heterocycles. The van der Waals surface area contributed by atoms with Gasteiger partial charge in [0.05, 0.1) is 32.3 Å². The average Bonchev–Trinajstić information content (AvgIpc) is 3.33. The van der Waals surface area contributed by atoms with Crippen LogP contribution in [0, 0.1) is 6.92 Å². The number of halogens is 1. The number of carbonyl (C=O) groups excluding carboxylic acids is 1. The third-order valence-electron chi connectivity index (χ3n) is 3.96. The summed E-state index contributed by atoms with van der Waals surface area (Å²) in [7, 11) is 1.94. The van der Waals surface area contributed by atoms with Gasteiger partial charge < -0.3 is 9.30 Å². The lowest BCUT2D eigenvalue weighted by Gasteiger charge is -2.06. The number of nitrogens with zero attached hydrogens (tertiary/aromatic N) is 3. The monoisotopic (exact) mass is 418 g/mol. The van der Waals surface area contributed by atoms with E-state index >= 15 is 0 Å². The Morgan fingerprint density at radius 1 is 1.30 bits per heavy atom. The zero-order chi connectivity index (χ0) is 19.0. The van der Waals surface area contributed by atoms with Crippen molar-refractivity contribution in [1.29, 1.82) is 0 Å². The molecule has 9 heteroatoms. The number of ether oxygens (including phenoxy) is 1. The molecule has 6 nitrogen and oxygen atoms in total. The smallest absolute Gasteiger partial charge is 0.412 e. The molecule has 1 amide bonds. The first-order valence-corrected chi connectivity index (χ1v) is 10.1. The number of hydrogen-bond acceptors (Lipinski definition) is 6. The van der Waals surface area contributed by atoms with Gasteiger partial charge in [0.15, 0.2) is 0 Å². The molecule has 1 N–H and O–H groups in total. The molecule has 0 atom stereocenters. The summed E-state index contributed by atoms with van der Waals surface area (Å²) in [5, 5.41) is 4.25. The predicted octanol–water partition coefficient (Wildman–Crippen LogP) is 5.47. The largest absolute Gasteiger partial charge is 0.444 e. The van der Waals surface area contributed by atoms with Crippen molar-refractivity contribution < 1.29 is 9.53 Å². The number of imidazole rings is 1. The van der Waals surface area contributed by atoms with Gasteiger partial charge in [-0.2, -0.15) is 0 Å². The van der Waals surface area contributed by atoms with E-state index in [4.69, 9.17) is 16.3 Å². The zero-order valence-electron chi connectivity index (χ0n) is 14.5. The number of aromatic nitrogens is 3. The second-order valence-corrected chi connectivity index (χ2v) is 8.63. The maximum Gasteiger partial charge on any atom is 0.412 e. The van der Waals surface area contributed by atoms with Crippen molar-refractivity contribution in [3.8, 4) is 9.88 Å². The van der Waals surface area contributed by atoms with Crippen LogP contribution in [0.3, 0.4) is 0 Å². The number of carbonyl (C=O) groups is 1. The number of hydrogen-bond donors (Lipinski definition) is 1. The highest BCUT2D eigenvalue weighted by atomic mass is 35.5. The summed E-state index contributed by atoms with van der Waals surface area (Å²) in [5.41, 5.74) is 3.53. The van der Waals surface area contributed by atoms with Gasteiger partial charge in [-0.05, 0) is 36.8 Å². The number of fused-ring (bicyclic) bond motifs is 1. The highest BCUT2D eigenvalue weighted by Crippen LogP contribution is 2.37. The standard InChI is InChI=1S/C18H15ClN4O2S2/c1-10-16(27-17(21-10)14-5-6-15(19)26-14)22-18(24)25-8-11-3-4-13-12(7-11)20-9-23(13)2/h3-7,9H,8H2,1-2H3,(H,22,24). The van der Waals surface area contributed by atoms with Crippen molar-refractivity contribution in [1.82, 2.24) is 14.5 Å². The summed E-state index contributed by atoms with van der Waals surface area (Å²) >= 11 is 8.83. The van der Waals surface area contributed by atoms with Crippen molar-refractivity contribution in [3.05, 3.63) is 52.3 Å². The molecular formula is C18H15ClN4O2S2. The van der Waals surface area contributed by atoms with Gasteiger partial charge >= 0.3 is 6.09 Å². The van der Waals surface area contributed by atoms with E-state index in [2.05, 4.69) is 15.3 Å². The molecule has 0 aliphatic carbocycles. The van der Waals surface area contributed by atoms with E-state index in [0.29, 0.717) is 9.34 Å². The van der Waals surface area contributed by atoms with Gasteiger partial charge in [0, 0.05) is 7.05 Å². The number of thiophene rings is 1. The highest BCUT2D eigenvalue weighted by Gasteiger charge is 2.14. The molecule has 0 fully saturated rings. The van der Waals surface area contributed by atoms with Gasteiger partial charge in [-0.15, -0.1) is 11.3 Å². The zero-order valence-corrected chi connectivity index (χ0v) is 16.9. The molecule has 3 heterocycles. The quantitative estimate of drug-likeness (QED) is 0.477. The molecule has 3 aromatic heterocycles. The second-order valence-electron chi connectivity index (χ2n) is 5.92. The molecule has 0 aliphatic heterocycles. The summed E-state index contributed by atoms with van der Waals surface area (Å²) < 4.78 is 7.98. The van der Waals surface area contributed by atoms with E-state index in [9.17, 15) is 4.79 Å². The molecule has 4 aromatic rings. The SMILES string of the molecule is Cc1nc(-c2ccc(Cl)s2)sc1NC(=O)OCc1ccc2c(c1)ncn2C. The van der Waals surface area contributed by atoms with Crippen molar-refractivity contribution >= 4 is 56.4 Å². The molecule has 0 unspecified atom stereocenters. The third-order valence-corrected chi connectivity index (χ3v) is 6.43. The van der Waals surface area contributed by atoms with Crippen molar-refractivity contribution in [2.24, 2.45) is 7.05 Å². The van der Waals surface area contributed by atoms with Crippen LogP contribution in [0.1, 0.15) is 11.3 Å². The minimum Gasteiger partial charge on any atom is -0.444 e. The Balaban J connectivity index is 1.41. The van der Waals surface area contributed by atoms with Crippen LogP contribution in [0.15, 0.2) is 36.7 Å². The van der Waals surface area contributed by atoms with Crippen molar-refractivity contribution in [3.63, 3.8) is 0 Å². The Hall–Kier alpha value is -2.42. The van der Waals surface area contributed by atoms with E-state index in [0.717, 1.165) is 32.2 Å². The second kappa shape index (κ2) is 7.30. The Morgan fingerprint density at radius 2 is 2.15 bits per heavy atom. The van der Waals surface area contributed by atoms with Gasteiger partial charge in [-0.1, -0.05) is 29.0 Å². The first-order valence-electron chi connectivity index (χ1n) is 8.06. The fraction of sp³-hybridized carbons (Fsp3) is 0.167. The van der Waals surface area contributed by atoms with Crippen LogP contribution in [-0.2, 0) is 18.4 Å². The summed E-state index contributed by atoms with van der Waals surface area (Å²) in [6.07, 6.45) is 1.24. The molecule has 0 radical (unpaired) electrons. The van der Waals surface area contributed by atoms with E-state index in [1.54, 1.807) is 6.33 Å². The lowest BCUT2D eigenvalue weighted by atomic mass is 10.2. The third kappa shape index (κ3) is 3.83. The van der Waals surface area contributed by atoms with E-state index < -0.39 is 6.09 Å². The Bertz CT molecular complexity index is 1130. The summed E-state index contributed by atoms with van der Waals surface area (Å²) in [4.78, 5) is 21.9. The highest BCUT2D eigenvalue weighted by molar-refractivity contribution is 7.25. The van der Waals surface area contributed by atoms with Gasteiger partial charge in [0.2, 0.25) is 0 Å². The number of amides is 1. The van der Waals surface area contributed by atoms with Crippen molar-refractivity contribution in [2.75, 3.05) is 5.32 Å². The number of benzene rings is 1. The predicted molar refractivity (Wildman–Crippen MR) is 110 cm³/mol. The van der Waals surface area contributed by atoms with Crippen LogP contribution in [-0.4, -0.2) is 20.6 Å². The van der Waals surface area contributed by atoms with Gasteiger partial charge in [-0.25, -0.2) is 14.8 Å². The first-order chi connectivity index (χ1) is 13.0. The van der Waals surface area contributed by atoms with E-state index in [1.807, 2.05) is 48.9 Å². The lowest BCUT2D eigenvalue weighted by molar-refractivity contribution is 0.155. The van der Waals surface area contributed by atoms with Crippen LogP contribution in [0.5, 0.6) is 0 Å². The molecule has 0 spiro atoms. The lowest BCUT2D eigenvalue weighted by Crippen LogP contribution is -2.13. The molecular weight excluding hydrogens is 404 g/mol. The summed E-state index contributed by atoms with van der Waals surface area (Å²) in [5.74, 6) is 0. The van der Waals surface area contributed by atoms with Gasteiger partial charge in [0.1, 0.15) is 16.6 Å². The number of anilines is 1. The number of rotatable bonds is 4. The number of aryl methyl sites for hydroxylation is 2. The van der Waals surface area contributed by atoms with Crippen LogP contribution in [0.25, 0.3) is 20.9 Å². The minimum absolute atomic E-state index is 0.170. The molecule has 138 valence electrons. The minimum atomic E-state index is -0.515. The maximum absolute atomic E-state index is 12.2. The topological polar surface area (TPSA) is 69.0 Å². The summed E-state index contributed by atoms with van der Waals surface area (Å²) in [6, 6.07) is 9.55. The molecule has 0 bridgehead atoms. The van der Waals surface area contributed by atoms with Crippen LogP contribution >= 0.6 is 34.3 Å². The van der Waals surface area contributed by atoms with Crippen LogP contribution in [0.4, 0.5) is 9.80 Å².